The summed E-state index contributed by atoms with van der Waals surface area (Å²) in [6.07, 6.45) is 6.46. The number of benzene rings is 1. The van der Waals surface area contributed by atoms with Crippen molar-refractivity contribution < 1.29 is 5.11 Å². The molecule has 3 aliphatic heterocycles. The largest absolute Gasteiger partial charge is 0.506 e. The van der Waals surface area contributed by atoms with Gasteiger partial charge in [-0.25, -0.2) is 0 Å². The third-order valence-electron chi connectivity index (χ3n) is 7.60. The highest BCUT2D eigenvalue weighted by atomic mass is 127. The molecule has 0 unspecified atom stereocenters. The average molecular weight is 571 g/mol. The monoisotopic (exact) mass is 570 g/mol. The van der Waals surface area contributed by atoms with Crippen LogP contribution in [-0.2, 0) is 0 Å². The van der Waals surface area contributed by atoms with E-state index in [9.17, 15) is 5.11 Å². The van der Waals surface area contributed by atoms with Crippen LogP contribution in [0.5, 0.6) is 5.75 Å². The molecule has 1 aromatic rings. The average Bonchev–Trinajstić information content (AvgIpc) is 2.84. The SMILES string of the molecule is CCNC(=NCC1(N2CCCCC2)CCN(C)CC1)N1CCN(c2ccccc2O)CC1.I. The van der Waals surface area contributed by atoms with Gasteiger partial charge in [-0.15, -0.1) is 24.0 Å². The Kier molecular flexibility index (Phi) is 9.94. The van der Waals surface area contributed by atoms with Crippen LogP contribution in [0.2, 0.25) is 0 Å². The first-order chi connectivity index (χ1) is 15.6. The first kappa shape index (κ1) is 26.3. The molecule has 4 rings (SSSR count). The van der Waals surface area contributed by atoms with Crippen molar-refractivity contribution in [1.29, 1.82) is 0 Å². The molecule has 0 aliphatic carbocycles. The summed E-state index contributed by atoms with van der Waals surface area (Å²) in [6.45, 7) is 12.4. The number of phenolic OH excluding ortho intramolecular Hbond substituents is 1. The Labute approximate surface area is 217 Å². The van der Waals surface area contributed by atoms with Gasteiger partial charge in [0, 0.05) is 38.3 Å². The molecule has 0 bridgehead atoms. The van der Waals surface area contributed by atoms with Crippen LogP contribution in [0.15, 0.2) is 29.3 Å². The molecule has 3 aliphatic rings. The van der Waals surface area contributed by atoms with E-state index in [-0.39, 0.29) is 29.5 Å². The van der Waals surface area contributed by atoms with E-state index in [0.29, 0.717) is 5.75 Å². The Morgan fingerprint density at radius 3 is 2.27 bits per heavy atom. The fourth-order valence-electron chi connectivity index (χ4n) is 5.52. The molecule has 3 heterocycles. The zero-order valence-corrected chi connectivity index (χ0v) is 22.8. The number of piperidine rings is 2. The van der Waals surface area contributed by atoms with Crippen molar-refractivity contribution in [2.24, 2.45) is 4.99 Å². The van der Waals surface area contributed by atoms with E-state index in [1.54, 1.807) is 6.07 Å². The van der Waals surface area contributed by atoms with E-state index in [1.165, 1.54) is 58.3 Å². The van der Waals surface area contributed by atoms with Gasteiger partial charge in [-0.1, -0.05) is 18.6 Å². The predicted octanol–water partition coefficient (Wildman–Crippen LogP) is 3.05. The molecular weight excluding hydrogens is 527 g/mol. The van der Waals surface area contributed by atoms with Gasteiger partial charge >= 0.3 is 0 Å². The van der Waals surface area contributed by atoms with Crippen LogP contribution in [0, 0.1) is 0 Å². The summed E-state index contributed by atoms with van der Waals surface area (Å²) in [6, 6.07) is 7.66. The van der Waals surface area contributed by atoms with Crippen molar-refractivity contribution in [3.05, 3.63) is 24.3 Å². The lowest BCUT2D eigenvalue weighted by Gasteiger charge is -2.49. The molecule has 0 amide bonds. The van der Waals surface area contributed by atoms with Crippen LogP contribution in [0.3, 0.4) is 0 Å². The second kappa shape index (κ2) is 12.4. The lowest BCUT2D eigenvalue weighted by atomic mass is 9.84. The molecule has 0 radical (unpaired) electrons. The molecule has 0 aromatic heterocycles. The number of phenols is 1. The maximum atomic E-state index is 10.2. The molecule has 3 saturated heterocycles. The van der Waals surface area contributed by atoms with Gasteiger partial charge < -0.3 is 25.1 Å². The lowest BCUT2D eigenvalue weighted by Crippen LogP contribution is -2.59. The van der Waals surface area contributed by atoms with Crippen LogP contribution >= 0.6 is 24.0 Å². The van der Waals surface area contributed by atoms with Crippen molar-refractivity contribution >= 4 is 35.6 Å². The molecule has 0 atom stereocenters. The summed E-state index contributed by atoms with van der Waals surface area (Å²) in [4.78, 5) is 15.2. The molecule has 2 N–H and O–H groups in total. The number of para-hydroxylation sites is 2. The first-order valence-electron chi connectivity index (χ1n) is 12.6. The molecule has 186 valence electrons. The Morgan fingerprint density at radius 2 is 1.64 bits per heavy atom. The van der Waals surface area contributed by atoms with Crippen molar-refractivity contribution in [3.8, 4) is 5.75 Å². The zero-order chi connectivity index (χ0) is 22.4. The number of rotatable bonds is 5. The highest BCUT2D eigenvalue weighted by Gasteiger charge is 2.39. The summed E-state index contributed by atoms with van der Waals surface area (Å²) in [5, 5.41) is 13.8. The number of nitrogens with one attached hydrogen (secondary N) is 1. The summed E-state index contributed by atoms with van der Waals surface area (Å²) >= 11 is 0. The number of halogens is 1. The van der Waals surface area contributed by atoms with Gasteiger partial charge in [0.2, 0.25) is 0 Å². The van der Waals surface area contributed by atoms with Gasteiger partial charge in [0.15, 0.2) is 5.96 Å². The molecule has 8 heteroatoms. The van der Waals surface area contributed by atoms with Crippen LogP contribution in [0.4, 0.5) is 5.69 Å². The van der Waals surface area contributed by atoms with Gasteiger partial charge in [-0.05, 0) is 78.0 Å². The number of nitrogens with zero attached hydrogens (tertiary/aromatic N) is 5. The summed E-state index contributed by atoms with van der Waals surface area (Å²) in [7, 11) is 2.25. The Balaban J connectivity index is 0.00000306. The number of hydrogen-bond acceptors (Lipinski definition) is 5. The van der Waals surface area contributed by atoms with E-state index in [4.69, 9.17) is 4.99 Å². The summed E-state index contributed by atoms with van der Waals surface area (Å²) < 4.78 is 0. The van der Waals surface area contributed by atoms with E-state index >= 15 is 0 Å². The topological polar surface area (TPSA) is 57.6 Å². The lowest BCUT2D eigenvalue weighted by molar-refractivity contribution is 0.0206. The van der Waals surface area contributed by atoms with Gasteiger partial charge in [0.05, 0.1) is 12.2 Å². The predicted molar refractivity (Wildman–Crippen MR) is 148 cm³/mol. The fraction of sp³-hybridized carbons (Fsp3) is 0.720. The van der Waals surface area contributed by atoms with Crippen molar-refractivity contribution in [2.45, 2.75) is 44.6 Å². The smallest absolute Gasteiger partial charge is 0.194 e. The Bertz CT molecular complexity index is 753. The maximum Gasteiger partial charge on any atom is 0.194 e. The number of hydrogen-bond donors (Lipinski definition) is 2. The number of likely N-dealkylation sites (tertiary alicyclic amines) is 2. The quantitative estimate of drug-likeness (QED) is 0.323. The number of piperazine rings is 1. The third-order valence-corrected chi connectivity index (χ3v) is 7.60. The number of aromatic hydroxyl groups is 1. The van der Waals surface area contributed by atoms with Gasteiger partial charge in [0.25, 0.3) is 0 Å². The van der Waals surface area contributed by atoms with E-state index in [2.05, 4.69) is 38.9 Å². The van der Waals surface area contributed by atoms with Crippen molar-refractivity contribution in [3.63, 3.8) is 0 Å². The maximum absolute atomic E-state index is 10.2. The zero-order valence-electron chi connectivity index (χ0n) is 20.5. The molecule has 33 heavy (non-hydrogen) atoms. The fourth-order valence-corrected chi connectivity index (χ4v) is 5.52. The number of guanidine groups is 1. The Morgan fingerprint density at radius 1 is 0.970 bits per heavy atom. The highest BCUT2D eigenvalue weighted by Crippen LogP contribution is 2.32. The van der Waals surface area contributed by atoms with Gasteiger partial charge in [-0.2, -0.15) is 0 Å². The van der Waals surface area contributed by atoms with E-state index < -0.39 is 0 Å². The summed E-state index contributed by atoms with van der Waals surface area (Å²) in [5.41, 5.74) is 1.15. The minimum atomic E-state index is 0. The van der Waals surface area contributed by atoms with Crippen LogP contribution in [0.25, 0.3) is 0 Å². The molecule has 7 nitrogen and oxygen atoms in total. The first-order valence-corrected chi connectivity index (χ1v) is 12.6. The van der Waals surface area contributed by atoms with Crippen molar-refractivity contribution in [1.82, 2.24) is 20.0 Å². The van der Waals surface area contributed by atoms with Gasteiger partial charge in [0.1, 0.15) is 5.75 Å². The standard InChI is InChI=1S/C25H42N6O.HI/c1-3-26-24(30-19-17-29(18-20-30)22-9-5-6-10-23(22)32)27-21-25(11-15-28(2)16-12-25)31-13-7-4-8-14-31;/h5-6,9-10,32H,3-4,7-8,11-21H2,1-2H3,(H,26,27);1H. The van der Waals surface area contributed by atoms with Crippen LogP contribution < -0.4 is 10.2 Å². The van der Waals surface area contributed by atoms with Crippen molar-refractivity contribution in [2.75, 3.05) is 77.4 Å². The Hall–Kier alpha value is -1.26. The summed E-state index contributed by atoms with van der Waals surface area (Å²) in [5.74, 6) is 1.42. The minimum absolute atomic E-state index is 0. The highest BCUT2D eigenvalue weighted by molar-refractivity contribution is 14.0. The molecule has 1 aromatic carbocycles. The van der Waals surface area contributed by atoms with Crippen LogP contribution in [0.1, 0.15) is 39.0 Å². The second-order valence-corrected chi connectivity index (χ2v) is 9.71. The second-order valence-electron chi connectivity index (χ2n) is 9.71. The molecule has 0 saturated carbocycles. The molecule has 0 spiro atoms. The number of aliphatic imine (C=N–C) groups is 1. The minimum Gasteiger partial charge on any atom is -0.506 e. The number of anilines is 1. The van der Waals surface area contributed by atoms with Crippen LogP contribution in [-0.4, -0.2) is 104 Å². The normalized spacial score (nSPS) is 22.7. The molecular formula is C25H43IN6O. The van der Waals surface area contributed by atoms with E-state index in [0.717, 1.165) is 50.9 Å². The van der Waals surface area contributed by atoms with E-state index in [1.807, 2.05) is 18.2 Å². The third kappa shape index (κ3) is 6.45. The molecule has 3 fully saturated rings. The van der Waals surface area contributed by atoms with Gasteiger partial charge in [-0.3, -0.25) is 9.89 Å².